The normalized spacial score (nSPS) is 28.7. The van der Waals surface area contributed by atoms with Crippen LogP contribution in [0.15, 0.2) is 24.0 Å². The Kier molecular flexibility index (Phi) is 4.88. The number of ketones is 1. The molecule has 28 heavy (non-hydrogen) atoms. The van der Waals surface area contributed by atoms with E-state index in [1.807, 2.05) is 18.2 Å². The number of esters is 1. The average Bonchev–Trinajstić information content (AvgIpc) is 2.69. The van der Waals surface area contributed by atoms with Gasteiger partial charge < -0.3 is 19.1 Å². The number of piperidine rings is 1. The first kappa shape index (κ1) is 19.3. The molecule has 7 heteroatoms. The summed E-state index contributed by atoms with van der Waals surface area (Å²) in [6, 6.07) is 4.10. The van der Waals surface area contributed by atoms with Crippen molar-refractivity contribution in [1.82, 2.24) is 4.90 Å². The number of fused-ring (bicyclic) bond motifs is 1. The second-order valence-corrected chi connectivity index (χ2v) is 8.03. The largest absolute Gasteiger partial charge is 0.493 e. The summed E-state index contributed by atoms with van der Waals surface area (Å²) in [5.74, 6) is 0.594. The first-order valence-electron chi connectivity index (χ1n) is 9.41. The molecule has 6 nitrogen and oxygen atoms in total. The highest BCUT2D eigenvalue weighted by Crippen LogP contribution is 2.58. The van der Waals surface area contributed by atoms with Gasteiger partial charge in [0.15, 0.2) is 23.0 Å². The molecule has 0 spiro atoms. The lowest BCUT2D eigenvalue weighted by Gasteiger charge is -2.56. The lowest BCUT2D eigenvalue weighted by atomic mass is 9.53. The number of allylic oxidation sites excluding steroid dienone is 1. The Bertz CT molecular complexity index is 867. The summed E-state index contributed by atoms with van der Waals surface area (Å²) in [5.41, 5.74) is 1.56. The van der Waals surface area contributed by atoms with Crippen molar-refractivity contribution < 1.29 is 23.8 Å². The number of benzene rings is 1. The molecule has 1 fully saturated rings. The molecular weight excluding hydrogens is 382 g/mol. The van der Waals surface area contributed by atoms with E-state index in [-0.39, 0.29) is 23.6 Å². The summed E-state index contributed by atoms with van der Waals surface area (Å²) in [6.07, 6.45) is 3.89. The fourth-order valence-corrected chi connectivity index (χ4v) is 5.31. The van der Waals surface area contributed by atoms with Crippen molar-refractivity contribution in [3.63, 3.8) is 0 Å². The molecule has 2 bridgehead atoms. The molecule has 4 rings (SSSR count). The van der Waals surface area contributed by atoms with E-state index in [4.69, 9.17) is 25.8 Å². The molecule has 0 unspecified atom stereocenters. The summed E-state index contributed by atoms with van der Waals surface area (Å²) in [5, 5.41) is 0. The number of carbonyl (C=O) groups is 2. The average molecular weight is 406 g/mol. The quantitative estimate of drug-likeness (QED) is 0.435. The van der Waals surface area contributed by atoms with Crippen LogP contribution < -0.4 is 9.47 Å². The van der Waals surface area contributed by atoms with Gasteiger partial charge in [0, 0.05) is 29.4 Å². The van der Waals surface area contributed by atoms with E-state index in [0.29, 0.717) is 23.7 Å². The topological polar surface area (TPSA) is 65.1 Å². The second-order valence-electron chi connectivity index (χ2n) is 7.76. The minimum atomic E-state index is -0.536. The molecular formula is C21H24ClNO5. The zero-order chi connectivity index (χ0) is 20.1. The van der Waals surface area contributed by atoms with Gasteiger partial charge in [0.05, 0.1) is 14.2 Å². The van der Waals surface area contributed by atoms with E-state index < -0.39 is 11.4 Å². The fourth-order valence-electron chi connectivity index (χ4n) is 5.25. The van der Waals surface area contributed by atoms with Crippen LogP contribution in [0.5, 0.6) is 11.5 Å². The Hall–Kier alpha value is -2.05. The molecule has 1 aromatic carbocycles. The Balaban J connectivity index is 1.96. The van der Waals surface area contributed by atoms with E-state index in [1.165, 1.54) is 7.11 Å². The molecule has 1 saturated heterocycles. The third-order valence-electron chi connectivity index (χ3n) is 6.51. The molecule has 3 aliphatic rings. The van der Waals surface area contributed by atoms with Crippen molar-refractivity contribution in [2.75, 3.05) is 33.7 Å². The lowest BCUT2D eigenvalue weighted by molar-refractivity contribution is -0.131. The van der Waals surface area contributed by atoms with Gasteiger partial charge in [-0.05, 0) is 44.1 Å². The first-order valence-corrected chi connectivity index (χ1v) is 9.95. The van der Waals surface area contributed by atoms with Gasteiger partial charge in [0.2, 0.25) is 0 Å². The van der Waals surface area contributed by atoms with Gasteiger partial charge in [-0.3, -0.25) is 9.59 Å². The molecule has 1 aliphatic heterocycles. The molecule has 0 amide bonds. The number of Topliss-reactive ketones (excluding diaryl/α,β-unsaturated/α-hetero) is 1. The Morgan fingerprint density at radius 2 is 2.11 bits per heavy atom. The van der Waals surface area contributed by atoms with Crippen LogP contribution in [0.25, 0.3) is 0 Å². The maximum Gasteiger partial charge on any atom is 0.326 e. The summed E-state index contributed by atoms with van der Waals surface area (Å²) in [7, 11) is 5.20. The number of hydrogen-bond donors (Lipinski definition) is 0. The molecule has 1 heterocycles. The fraction of sp³-hybridized carbons (Fsp3) is 0.524. The Labute approximate surface area is 169 Å². The van der Waals surface area contributed by atoms with Crippen molar-refractivity contribution >= 4 is 23.4 Å². The molecule has 0 aromatic heterocycles. The maximum atomic E-state index is 12.8. The minimum absolute atomic E-state index is 0.0210. The van der Waals surface area contributed by atoms with E-state index in [9.17, 15) is 9.59 Å². The number of carbonyl (C=O) groups excluding carboxylic acids is 2. The highest BCUT2D eigenvalue weighted by molar-refractivity contribution is 6.26. The van der Waals surface area contributed by atoms with Crippen LogP contribution >= 0.6 is 11.6 Å². The van der Waals surface area contributed by atoms with Gasteiger partial charge in [-0.2, -0.15) is 0 Å². The number of alkyl halides is 1. The number of likely N-dealkylation sites (tertiary alicyclic amines) is 1. The third kappa shape index (κ3) is 2.73. The number of methoxy groups -OCH3 is 2. The van der Waals surface area contributed by atoms with Crippen molar-refractivity contribution in [1.29, 1.82) is 0 Å². The minimum Gasteiger partial charge on any atom is -0.493 e. The van der Waals surface area contributed by atoms with Crippen molar-refractivity contribution in [2.24, 2.45) is 5.92 Å². The standard InChI is InChI=1S/C21H24ClNO5/c1-23-7-6-21-10-15(24)17(27-3)9-13(21)14(23)8-12-4-5-16(26-2)20(19(12)21)28-18(25)11-22/h4-5,9,13-14H,6-8,10-11H2,1-3H3/t13-,14+,21-/m1/s1. The van der Waals surface area contributed by atoms with Gasteiger partial charge in [0.1, 0.15) is 5.88 Å². The SMILES string of the molecule is COC1=C[C@@H]2[C@@H]3Cc4ccc(OC)c(OC(=O)CCl)c4[C@]2(CCN3C)CC1=O. The highest BCUT2D eigenvalue weighted by atomic mass is 35.5. The van der Waals surface area contributed by atoms with Crippen LogP contribution in [0.4, 0.5) is 0 Å². The molecule has 0 radical (unpaired) electrons. The zero-order valence-electron chi connectivity index (χ0n) is 16.3. The van der Waals surface area contributed by atoms with Gasteiger partial charge in [-0.15, -0.1) is 11.6 Å². The molecule has 1 aromatic rings. The Morgan fingerprint density at radius 3 is 2.79 bits per heavy atom. The molecule has 0 saturated carbocycles. The van der Waals surface area contributed by atoms with Crippen LogP contribution in [-0.2, 0) is 26.2 Å². The summed E-state index contributed by atoms with van der Waals surface area (Å²) < 4.78 is 16.5. The maximum absolute atomic E-state index is 12.8. The number of halogens is 1. The van der Waals surface area contributed by atoms with Crippen LogP contribution in [0.3, 0.4) is 0 Å². The Morgan fingerprint density at radius 1 is 1.32 bits per heavy atom. The number of rotatable bonds is 4. The third-order valence-corrected chi connectivity index (χ3v) is 6.73. The van der Waals surface area contributed by atoms with Crippen LogP contribution in [0.1, 0.15) is 24.0 Å². The highest BCUT2D eigenvalue weighted by Gasteiger charge is 2.56. The van der Waals surface area contributed by atoms with Crippen LogP contribution in [0.2, 0.25) is 0 Å². The number of likely N-dealkylation sites (N-methyl/N-ethyl adjacent to an activating group) is 1. The summed E-state index contributed by atoms with van der Waals surface area (Å²) in [4.78, 5) is 27.3. The van der Waals surface area contributed by atoms with Gasteiger partial charge >= 0.3 is 5.97 Å². The van der Waals surface area contributed by atoms with Crippen molar-refractivity contribution in [2.45, 2.75) is 30.7 Å². The second kappa shape index (κ2) is 7.08. The molecule has 2 aliphatic carbocycles. The van der Waals surface area contributed by atoms with E-state index in [2.05, 4.69) is 11.9 Å². The molecule has 150 valence electrons. The van der Waals surface area contributed by atoms with E-state index >= 15 is 0 Å². The monoisotopic (exact) mass is 405 g/mol. The molecule has 3 atom stereocenters. The van der Waals surface area contributed by atoms with Crippen LogP contribution in [0, 0.1) is 5.92 Å². The number of hydrogen-bond acceptors (Lipinski definition) is 6. The molecule has 0 N–H and O–H groups in total. The van der Waals surface area contributed by atoms with Crippen LogP contribution in [-0.4, -0.2) is 56.4 Å². The van der Waals surface area contributed by atoms with Gasteiger partial charge in [-0.25, -0.2) is 0 Å². The first-order chi connectivity index (χ1) is 13.4. The summed E-state index contributed by atoms with van der Waals surface area (Å²) >= 11 is 5.70. The number of nitrogens with zero attached hydrogens (tertiary/aromatic N) is 1. The van der Waals surface area contributed by atoms with Gasteiger partial charge in [-0.1, -0.05) is 6.07 Å². The van der Waals surface area contributed by atoms with E-state index in [0.717, 1.165) is 30.5 Å². The number of ether oxygens (including phenoxy) is 3. The lowest BCUT2D eigenvalue weighted by Crippen LogP contribution is -2.60. The smallest absolute Gasteiger partial charge is 0.326 e. The van der Waals surface area contributed by atoms with E-state index in [1.54, 1.807) is 7.11 Å². The zero-order valence-corrected chi connectivity index (χ0v) is 17.0. The van der Waals surface area contributed by atoms with Gasteiger partial charge in [0.25, 0.3) is 0 Å². The summed E-state index contributed by atoms with van der Waals surface area (Å²) in [6.45, 7) is 0.865. The van der Waals surface area contributed by atoms with Crippen molar-refractivity contribution in [3.8, 4) is 11.5 Å². The van der Waals surface area contributed by atoms with Crippen molar-refractivity contribution in [3.05, 3.63) is 35.1 Å². The predicted molar refractivity (Wildman–Crippen MR) is 104 cm³/mol. The predicted octanol–water partition coefficient (Wildman–Crippen LogP) is 2.46.